The molecule has 176 valence electrons. The maximum Gasteiger partial charge on any atom is 0.258 e. The molecule has 6 nitrogen and oxygen atoms in total. The summed E-state index contributed by atoms with van der Waals surface area (Å²) < 4.78 is 24.8. The summed E-state index contributed by atoms with van der Waals surface area (Å²) in [5, 5.41) is 0. The van der Waals surface area contributed by atoms with E-state index in [4.69, 9.17) is 9.47 Å². The van der Waals surface area contributed by atoms with Gasteiger partial charge in [0.05, 0.1) is 7.11 Å². The van der Waals surface area contributed by atoms with E-state index in [-0.39, 0.29) is 30.2 Å². The predicted molar refractivity (Wildman–Crippen MR) is 128 cm³/mol. The summed E-state index contributed by atoms with van der Waals surface area (Å²) in [5.74, 6) is 0.0820. The van der Waals surface area contributed by atoms with E-state index in [2.05, 4.69) is 0 Å². The highest BCUT2D eigenvalue weighted by Gasteiger charge is 2.28. The number of carbonyl (C=O) groups excluding carboxylic acids is 2. The zero-order chi connectivity index (χ0) is 23.9. The molecule has 3 aromatic rings. The van der Waals surface area contributed by atoms with E-state index >= 15 is 0 Å². The van der Waals surface area contributed by atoms with Crippen LogP contribution in [-0.2, 0) is 4.79 Å². The molecule has 1 aliphatic rings. The molecular weight excluding hydrogens is 435 g/mol. The highest BCUT2D eigenvalue weighted by molar-refractivity contribution is 6.08. The van der Waals surface area contributed by atoms with E-state index in [9.17, 15) is 14.0 Å². The van der Waals surface area contributed by atoms with Crippen LogP contribution in [0.1, 0.15) is 23.2 Å². The number of halogens is 1. The van der Waals surface area contributed by atoms with Gasteiger partial charge in [0.2, 0.25) is 5.91 Å². The normalized spacial score (nSPS) is 13.9. The van der Waals surface area contributed by atoms with Crippen molar-refractivity contribution in [2.75, 3.05) is 31.6 Å². The third-order valence-corrected chi connectivity index (χ3v) is 5.87. The number of amides is 2. The Balaban J connectivity index is 1.42. The number of benzene rings is 3. The van der Waals surface area contributed by atoms with Crippen LogP contribution in [-0.4, -0.2) is 49.6 Å². The summed E-state index contributed by atoms with van der Waals surface area (Å²) in [6, 6.07) is 22.3. The molecule has 0 aromatic heterocycles. The Morgan fingerprint density at radius 2 is 1.59 bits per heavy atom. The Kier molecular flexibility index (Phi) is 7.42. The lowest BCUT2D eigenvalue weighted by atomic mass is 10.1. The number of anilines is 1. The van der Waals surface area contributed by atoms with E-state index < -0.39 is 5.82 Å². The van der Waals surface area contributed by atoms with Crippen molar-refractivity contribution in [3.8, 4) is 11.5 Å². The number of rotatable bonds is 7. The van der Waals surface area contributed by atoms with E-state index in [1.807, 2.05) is 30.3 Å². The van der Waals surface area contributed by atoms with Crippen molar-refractivity contribution in [3.05, 3.63) is 90.2 Å². The zero-order valence-electron chi connectivity index (χ0n) is 19.0. The fourth-order valence-electron chi connectivity index (χ4n) is 3.96. The molecule has 2 amide bonds. The van der Waals surface area contributed by atoms with Gasteiger partial charge in [0.25, 0.3) is 5.91 Å². The summed E-state index contributed by atoms with van der Waals surface area (Å²) in [6.45, 7) is 0.891. The Hall–Kier alpha value is -3.87. The van der Waals surface area contributed by atoms with Crippen molar-refractivity contribution in [1.29, 1.82) is 0 Å². The van der Waals surface area contributed by atoms with E-state index in [0.29, 0.717) is 42.9 Å². The summed E-state index contributed by atoms with van der Waals surface area (Å²) in [5.41, 5.74) is 1.11. The molecule has 4 rings (SSSR count). The number of likely N-dealkylation sites (tertiary alicyclic amines) is 1. The largest absolute Gasteiger partial charge is 0.497 e. The Labute approximate surface area is 198 Å². The number of carbonyl (C=O) groups is 2. The van der Waals surface area contributed by atoms with Crippen LogP contribution in [0.5, 0.6) is 11.5 Å². The predicted octanol–water partition coefficient (Wildman–Crippen LogP) is 4.55. The molecule has 0 bridgehead atoms. The number of hydrogen-bond donors (Lipinski definition) is 0. The summed E-state index contributed by atoms with van der Waals surface area (Å²) in [7, 11) is 1.57. The third kappa shape index (κ3) is 5.54. The molecule has 0 radical (unpaired) electrons. The summed E-state index contributed by atoms with van der Waals surface area (Å²) >= 11 is 0. The first-order chi connectivity index (χ1) is 16.5. The summed E-state index contributed by atoms with van der Waals surface area (Å²) in [4.78, 5) is 29.7. The molecule has 34 heavy (non-hydrogen) atoms. The zero-order valence-corrected chi connectivity index (χ0v) is 19.0. The highest BCUT2D eigenvalue weighted by Crippen LogP contribution is 2.23. The minimum Gasteiger partial charge on any atom is -0.497 e. The van der Waals surface area contributed by atoms with Gasteiger partial charge in [-0.2, -0.15) is 0 Å². The number of ether oxygens (including phenoxy) is 2. The van der Waals surface area contributed by atoms with E-state index in [1.165, 1.54) is 11.0 Å². The second-order valence-electron chi connectivity index (χ2n) is 8.08. The molecule has 1 heterocycles. The molecular formula is C27H27FN2O4. The van der Waals surface area contributed by atoms with E-state index in [1.54, 1.807) is 54.5 Å². The van der Waals surface area contributed by atoms with Crippen LogP contribution in [0.2, 0.25) is 0 Å². The van der Waals surface area contributed by atoms with Gasteiger partial charge in [-0.05, 0) is 48.5 Å². The van der Waals surface area contributed by atoms with Crippen LogP contribution in [0, 0.1) is 5.82 Å². The smallest absolute Gasteiger partial charge is 0.258 e. The minimum absolute atomic E-state index is 0.0757. The Bertz CT molecular complexity index is 1110. The van der Waals surface area contributed by atoms with Gasteiger partial charge in [0.1, 0.15) is 18.4 Å². The maximum atomic E-state index is 13.9. The molecule has 1 aliphatic heterocycles. The van der Waals surface area contributed by atoms with Crippen molar-refractivity contribution in [2.45, 2.75) is 18.9 Å². The second-order valence-corrected chi connectivity index (χ2v) is 8.08. The molecule has 1 saturated heterocycles. The average molecular weight is 463 g/mol. The second kappa shape index (κ2) is 10.8. The monoisotopic (exact) mass is 462 g/mol. The van der Waals surface area contributed by atoms with Gasteiger partial charge < -0.3 is 14.4 Å². The van der Waals surface area contributed by atoms with Gasteiger partial charge in [0, 0.05) is 37.2 Å². The maximum absolute atomic E-state index is 13.9. The first kappa shape index (κ1) is 23.3. The highest BCUT2D eigenvalue weighted by atomic mass is 19.1. The van der Waals surface area contributed by atoms with E-state index in [0.717, 1.165) is 0 Å². The molecule has 3 aromatic carbocycles. The lowest BCUT2D eigenvalue weighted by molar-refractivity contribution is -0.131. The van der Waals surface area contributed by atoms with Crippen molar-refractivity contribution in [3.63, 3.8) is 0 Å². The fraction of sp³-hybridized carbons (Fsp3) is 0.259. The first-order valence-corrected chi connectivity index (χ1v) is 11.2. The molecule has 7 heteroatoms. The van der Waals surface area contributed by atoms with Crippen LogP contribution in [0.25, 0.3) is 0 Å². The van der Waals surface area contributed by atoms with Gasteiger partial charge in [-0.1, -0.05) is 30.3 Å². The molecule has 0 unspecified atom stereocenters. The lowest BCUT2D eigenvalue weighted by Gasteiger charge is -2.34. The van der Waals surface area contributed by atoms with Crippen LogP contribution in [0.15, 0.2) is 78.9 Å². The van der Waals surface area contributed by atoms with Gasteiger partial charge in [-0.25, -0.2) is 4.39 Å². The Morgan fingerprint density at radius 1 is 0.941 bits per heavy atom. The first-order valence-electron chi connectivity index (χ1n) is 11.2. The van der Waals surface area contributed by atoms with Gasteiger partial charge >= 0.3 is 0 Å². The van der Waals surface area contributed by atoms with Crippen molar-refractivity contribution >= 4 is 17.5 Å². The number of nitrogens with zero attached hydrogens (tertiary/aromatic N) is 2. The van der Waals surface area contributed by atoms with Gasteiger partial charge in [-0.3, -0.25) is 14.5 Å². The van der Waals surface area contributed by atoms with Crippen molar-refractivity contribution in [1.82, 2.24) is 4.90 Å². The van der Waals surface area contributed by atoms with Gasteiger partial charge in [-0.15, -0.1) is 0 Å². The van der Waals surface area contributed by atoms with Crippen molar-refractivity contribution < 1.29 is 23.5 Å². The molecule has 0 aliphatic carbocycles. The number of para-hydroxylation sites is 2. The fourth-order valence-corrected chi connectivity index (χ4v) is 3.96. The standard InChI is InChI=1S/C27H27FN2O4/c1-33-22-13-11-20(12-14-22)27(32)30(21-7-3-2-4-8-21)19-26(31)29-17-15-23(16-18-29)34-25-10-6-5-9-24(25)28/h2-14,23H,15-19H2,1H3. The molecule has 0 spiro atoms. The molecule has 0 N–H and O–H groups in total. The number of methoxy groups -OCH3 is 1. The van der Waals surface area contributed by atoms with Crippen LogP contribution >= 0.6 is 0 Å². The topological polar surface area (TPSA) is 59.1 Å². The lowest BCUT2D eigenvalue weighted by Crippen LogP contribution is -2.47. The van der Waals surface area contributed by atoms with Crippen LogP contribution < -0.4 is 14.4 Å². The molecule has 0 saturated carbocycles. The third-order valence-electron chi connectivity index (χ3n) is 5.87. The SMILES string of the molecule is COc1ccc(C(=O)N(CC(=O)N2CCC(Oc3ccccc3F)CC2)c2ccccc2)cc1. The minimum atomic E-state index is -0.392. The number of hydrogen-bond acceptors (Lipinski definition) is 4. The van der Waals surface area contributed by atoms with Crippen molar-refractivity contribution in [2.24, 2.45) is 0 Å². The Morgan fingerprint density at radius 3 is 2.24 bits per heavy atom. The van der Waals surface area contributed by atoms with Crippen LogP contribution in [0.3, 0.4) is 0 Å². The quantitative estimate of drug-likeness (QED) is 0.517. The van der Waals surface area contributed by atoms with Gasteiger partial charge in [0.15, 0.2) is 11.6 Å². The number of piperidine rings is 1. The molecule has 1 fully saturated rings. The molecule has 0 atom stereocenters. The average Bonchev–Trinajstić information content (AvgIpc) is 2.89. The van der Waals surface area contributed by atoms with Crippen LogP contribution in [0.4, 0.5) is 10.1 Å². The summed E-state index contributed by atoms with van der Waals surface area (Å²) in [6.07, 6.45) is 1.03.